The lowest BCUT2D eigenvalue weighted by molar-refractivity contribution is 0.402. The van der Waals surface area contributed by atoms with Crippen LogP contribution < -0.4 is 15.0 Å². The zero-order valence-corrected chi connectivity index (χ0v) is 19.1. The van der Waals surface area contributed by atoms with E-state index < -0.39 is 15.6 Å². The van der Waals surface area contributed by atoms with E-state index in [4.69, 9.17) is 9.26 Å². The summed E-state index contributed by atoms with van der Waals surface area (Å²) in [6.45, 7) is 0. The van der Waals surface area contributed by atoms with E-state index in [0.29, 0.717) is 22.6 Å². The Balaban J connectivity index is 1.49. The van der Waals surface area contributed by atoms with Gasteiger partial charge in [0.05, 0.1) is 7.11 Å². The molecule has 12 heteroatoms. The van der Waals surface area contributed by atoms with Crippen LogP contribution in [0.3, 0.4) is 0 Å². The fraction of sp³-hybridized carbons (Fsp3) is 0.318. The molecule has 0 bridgehead atoms. The van der Waals surface area contributed by atoms with Gasteiger partial charge in [0.25, 0.3) is 15.6 Å². The van der Waals surface area contributed by atoms with E-state index >= 15 is 0 Å². The van der Waals surface area contributed by atoms with E-state index in [1.165, 1.54) is 31.8 Å². The zero-order chi connectivity index (χ0) is 23.7. The van der Waals surface area contributed by atoms with Crippen molar-refractivity contribution in [3.63, 3.8) is 0 Å². The van der Waals surface area contributed by atoms with Gasteiger partial charge in [-0.15, -0.1) is 0 Å². The van der Waals surface area contributed by atoms with Crippen LogP contribution in [-0.4, -0.2) is 40.6 Å². The van der Waals surface area contributed by atoms with E-state index in [2.05, 4.69) is 29.8 Å². The van der Waals surface area contributed by atoms with Gasteiger partial charge in [0.2, 0.25) is 5.58 Å². The number of sulfonamides is 1. The average Bonchev–Trinajstić information content (AvgIpc) is 3.49. The molecule has 4 aromatic rings. The predicted molar refractivity (Wildman–Crippen MR) is 122 cm³/mol. The highest BCUT2D eigenvalue weighted by Gasteiger charge is 2.26. The van der Waals surface area contributed by atoms with Crippen LogP contribution in [0.4, 0.5) is 5.82 Å². The predicted octanol–water partition coefficient (Wildman–Crippen LogP) is 2.76. The maximum absolute atomic E-state index is 13.0. The molecule has 0 radical (unpaired) electrons. The summed E-state index contributed by atoms with van der Waals surface area (Å²) in [5.41, 5.74) is 1.50. The first-order valence-corrected chi connectivity index (χ1v) is 12.3. The number of aromatic nitrogens is 5. The third kappa shape index (κ3) is 4.23. The van der Waals surface area contributed by atoms with Crippen LogP contribution in [0.2, 0.25) is 0 Å². The van der Waals surface area contributed by atoms with Crippen molar-refractivity contribution in [1.82, 2.24) is 25.1 Å². The molecule has 1 fully saturated rings. The Hall–Kier alpha value is -3.80. The van der Waals surface area contributed by atoms with E-state index in [1.54, 1.807) is 12.1 Å². The molecule has 1 aromatic carbocycles. The number of methoxy groups -OCH3 is 1. The Morgan fingerprint density at radius 1 is 1.24 bits per heavy atom. The van der Waals surface area contributed by atoms with Crippen LogP contribution in [0.25, 0.3) is 11.1 Å². The molecule has 34 heavy (non-hydrogen) atoms. The number of rotatable bonds is 7. The normalized spacial score (nSPS) is 14.5. The molecule has 1 saturated carbocycles. The first-order chi connectivity index (χ1) is 16.4. The van der Waals surface area contributed by atoms with E-state index in [0.717, 1.165) is 25.7 Å². The van der Waals surface area contributed by atoms with Crippen LogP contribution in [-0.2, 0) is 16.4 Å². The summed E-state index contributed by atoms with van der Waals surface area (Å²) in [6.07, 6.45) is 7.08. The highest BCUT2D eigenvalue weighted by molar-refractivity contribution is 7.92. The maximum atomic E-state index is 13.0. The van der Waals surface area contributed by atoms with Gasteiger partial charge < -0.3 is 14.2 Å². The molecular formula is C22H22N6O5S. The Morgan fingerprint density at radius 2 is 2.06 bits per heavy atom. The first-order valence-electron chi connectivity index (χ1n) is 10.8. The number of ether oxygens (including phenoxy) is 1. The molecule has 0 aliphatic heterocycles. The van der Waals surface area contributed by atoms with Crippen molar-refractivity contribution in [2.75, 3.05) is 11.8 Å². The summed E-state index contributed by atoms with van der Waals surface area (Å²) in [7, 11) is -2.61. The molecule has 5 rings (SSSR count). The molecule has 11 nitrogen and oxygen atoms in total. The average molecular weight is 483 g/mol. The van der Waals surface area contributed by atoms with Crippen molar-refractivity contribution >= 4 is 26.9 Å². The minimum atomic E-state index is -4.01. The number of hydrogen-bond acceptors (Lipinski definition) is 9. The van der Waals surface area contributed by atoms with E-state index in [9.17, 15) is 13.2 Å². The summed E-state index contributed by atoms with van der Waals surface area (Å²) in [6, 6.07) is 6.21. The Kier molecular flexibility index (Phi) is 5.74. The lowest BCUT2D eigenvalue weighted by Gasteiger charge is -2.12. The van der Waals surface area contributed by atoms with Crippen LogP contribution in [0, 0.1) is 0 Å². The molecular weight excluding hydrogens is 460 g/mol. The molecule has 0 amide bonds. The van der Waals surface area contributed by atoms with Gasteiger partial charge in [-0.3, -0.25) is 9.52 Å². The van der Waals surface area contributed by atoms with Crippen LogP contribution in [0.1, 0.15) is 48.7 Å². The van der Waals surface area contributed by atoms with Gasteiger partial charge in [-0.25, -0.2) is 23.4 Å². The number of hydrogen-bond donors (Lipinski definition) is 2. The monoisotopic (exact) mass is 482 g/mol. The number of H-pyrrole nitrogens is 1. The Labute approximate surface area is 194 Å². The third-order valence-corrected chi connectivity index (χ3v) is 7.23. The fourth-order valence-corrected chi connectivity index (χ4v) is 5.46. The number of aromatic amines is 1. The quantitative estimate of drug-likeness (QED) is 0.405. The molecule has 0 unspecified atom stereocenters. The molecule has 0 saturated heterocycles. The second-order valence-electron chi connectivity index (χ2n) is 8.10. The Bertz CT molecular complexity index is 1490. The molecule has 3 heterocycles. The highest BCUT2D eigenvalue weighted by atomic mass is 32.2. The minimum absolute atomic E-state index is 0.0637. The fourth-order valence-electron chi connectivity index (χ4n) is 4.23. The van der Waals surface area contributed by atoms with Gasteiger partial charge >= 0.3 is 0 Å². The molecule has 0 atom stereocenters. The van der Waals surface area contributed by atoms with Crippen molar-refractivity contribution in [1.29, 1.82) is 0 Å². The van der Waals surface area contributed by atoms with Crippen LogP contribution in [0.5, 0.6) is 5.75 Å². The number of benzene rings is 1. The van der Waals surface area contributed by atoms with Gasteiger partial charge in [-0.05, 0) is 36.6 Å². The summed E-state index contributed by atoms with van der Waals surface area (Å²) < 4.78 is 39.0. The summed E-state index contributed by atoms with van der Waals surface area (Å²) >= 11 is 0. The molecule has 1 aliphatic carbocycles. The van der Waals surface area contributed by atoms with Gasteiger partial charge in [0, 0.05) is 18.5 Å². The maximum Gasteiger partial charge on any atom is 0.297 e. The molecule has 3 aromatic heterocycles. The largest absolute Gasteiger partial charge is 0.495 e. The molecule has 176 valence electrons. The second kappa shape index (κ2) is 8.86. The van der Waals surface area contributed by atoms with Gasteiger partial charge in [-0.1, -0.05) is 24.1 Å². The van der Waals surface area contributed by atoms with Crippen molar-refractivity contribution in [2.45, 2.75) is 42.9 Å². The summed E-state index contributed by atoms with van der Waals surface area (Å²) in [4.78, 5) is 27.5. The number of nitrogens with zero attached hydrogens (tertiary/aromatic N) is 4. The van der Waals surface area contributed by atoms with Gasteiger partial charge in [0.15, 0.2) is 0 Å². The zero-order valence-electron chi connectivity index (χ0n) is 18.3. The standard InChI is InChI=1S/C22H22N6O5S/c1-32-15-7-6-13(10-16(15)34(30,31)28-17-8-9-23-12-24-17)11-18-25-20-19(14-4-2-3-5-14)27-33-21(20)22(29)26-18/h6-10,12,14H,2-5,11H2,1H3,(H,23,24,28)(H,25,26,29). The van der Waals surface area contributed by atoms with Gasteiger partial charge in [-0.2, -0.15) is 0 Å². The molecule has 1 aliphatic rings. The van der Waals surface area contributed by atoms with Crippen LogP contribution >= 0.6 is 0 Å². The van der Waals surface area contributed by atoms with Gasteiger partial charge in [0.1, 0.15) is 39.8 Å². The minimum Gasteiger partial charge on any atom is -0.495 e. The topological polar surface area (TPSA) is 153 Å². The number of anilines is 1. The summed E-state index contributed by atoms with van der Waals surface area (Å²) in [5, 5.41) is 4.12. The van der Waals surface area contributed by atoms with Crippen molar-refractivity contribution < 1.29 is 17.7 Å². The first kappa shape index (κ1) is 22.0. The highest BCUT2D eigenvalue weighted by Crippen LogP contribution is 2.36. The van der Waals surface area contributed by atoms with Crippen molar-refractivity contribution in [3.8, 4) is 5.75 Å². The lowest BCUT2D eigenvalue weighted by Crippen LogP contribution is -2.16. The number of nitrogens with one attached hydrogen (secondary N) is 2. The van der Waals surface area contributed by atoms with E-state index in [1.807, 2.05) is 0 Å². The summed E-state index contributed by atoms with van der Waals surface area (Å²) in [5.74, 6) is 0.918. The van der Waals surface area contributed by atoms with Crippen molar-refractivity contribution in [2.24, 2.45) is 0 Å². The molecule has 2 N–H and O–H groups in total. The van der Waals surface area contributed by atoms with E-state index in [-0.39, 0.29) is 34.4 Å². The second-order valence-corrected chi connectivity index (χ2v) is 9.75. The van der Waals surface area contributed by atoms with Crippen molar-refractivity contribution in [3.05, 3.63) is 64.2 Å². The van der Waals surface area contributed by atoms with Crippen LogP contribution in [0.15, 0.2) is 51.0 Å². The number of fused-ring (bicyclic) bond motifs is 1. The third-order valence-electron chi connectivity index (χ3n) is 5.86. The molecule has 0 spiro atoms. The SMILES string of the molecule is COc1ccc(Cc2nc3c(C4CCCC4)noc3c(=O)[nH]2)cc1S(=O)(=O)Nc1ccncn1. The smallest absolute Gasteiger partial charge is 0.297 e. The Morgan fingerprint density at radius 3 is 2.79 bits per heavy atom. The lowest BCUT2D eigenvalue weighted by atomic mass is 10.0.